The second-order valence-corrected chi connectivity index (χ2v) is 7.53. The fourth-order valence-corrected chi connectivity index (χ4v) is 3.39. The first kappa shape index (κ1) is 20.7. The Morgan fingerprint density at radius 2 is 1.72 bits per heavy atom. The fraction of sp³-hybridized carbons (Fsp3) is 0.292. The molecule has 1 amide bonds. The molecule has 5 nitrogen and oxygen atoms in total. The Balaban J connectivity index is 1.72. The number of carbonyl (C=O) groups is 1. The highest BCUT2D eigenvalue weighted by atomic mass is 16.1. The van der Waals surface area contributed by atoms with Crippen LogP contribution in [0.15, 0.2) is 54.7 Å². The molecule has 0 bridgehead atoms. The van der Waals surface area contributed by atoms with E-state index in [1.54, 1.807) is 0 Å². The zero-order valence-electron chi connectivity index (χ0n) is 17.1. The Kier molecular flexibility index (Phi) is 6.73. The van der Waals surface area contributed by atoms with Crippen LogP contribution in [0.25, 0.3) is 0 Å². The number of aryl methyl sites for hydroxylation is 3. The predicted molar refractivity (Wildman–Crippen MR) is 115 cm³/mol. The van der Waals surface area contributed by atoms with Gasteiger partial charge < -0.3 is 11.5 Å². The van der Waals surface area contributed by atoms with Gasteiger partial charge in [0.1, 0.15) is 5.82 Å². The predicted octanol–water partition coefficient (Wildman–Crippen LogP) is 3.21. The van der Waals surface area contributed by atoms with Gasteiger partial charge in [0.15, 0.2) is 0 Å². The highest BCUT2D eigenvalue weighted by Gasteiger charge is 2.09. The molecule has 3 aromatic rings. The molecule has 3 rings (SSSR count). The average molecular weight is 389 g/mol. The zero-order chi connectivity index (χ0) is 20.8. The van der Waals surface area contributed by atoms with Crippen LogP contribution in [0.3, 0.4) is 0 Å². The van der Waals surface area contributed by atoms with Gasteiger partial charge in [-0.15, -0.1) is 0 Å². The highest BCUT2D eigenvalue weighted by molar-refractivity contribution is 5.77. The second kappa shape index (κ2) is 9.43. The first-order valence-corrected chi connectivity index (χ1v) is 9.93. The lowest BCUT2D eigenvalue weighted by atomic mass is 9.98. The van der Waals surface area contributed by atoms with E-state index in [1.165, 1.54) is 0 Å². The number of benzene rings is 2. The number of carbonyl (C=O) groups excluding carboxylic acids is 1. The van der Waals surface area contributed by atoms with Crippen molar-refractivity contribution in [2.45, 2.75) is 45.6 Å². The number of rotatable bonds is 8. The Hall–Kier alpha value is -3.05. The van der Waals surface area contributed by atoms with Crippen molar-refractivity contribution in [3.63, 3.8) is 0 Å². The van der Waals surface area contributed by atoms with E-state index < -0.39 is 0 Å². The molecule has 150 valence electrons. The van der Waals surface area contributed by atoms with Gasteiger partial charge in [-0.3, -0.25) is 4.79 Å². The number of aromatic nitrogens is 2. The van der Waals surface area contributed by atoms with Gasteiger partial charge in [-0.1, -0.05) is 48.5 Å². The van der Waals surface area contributed by atoms with Crippen LogP contribution in [0.4, 0.5) is 0 Å². The molecule has 1 heterocycles. The van der Waals surface area contributed by atoms with Crippen LogP contribution in [-0.2, 0) is 30.5 Å². The Morgan fingerprint density at radius 1 is 1.03 bits per heavy atom. The molecule has 0 aliphatic carbocycles. The van der Waals surface area contributed by atoms with Gasteiger partial charge in [0.05, 0.1) is 6.42 Å². The monoisotopic (exact) mass is 388 g/mol. The molecular weight excluding hydrogens is 360 g/mol. The number of primary amides is 1. The summed E-state index contributed by atoms with van der Waals surface area (Å²) < 4.78 is 0. The fourth-order valence-electron chi connectivity index (χ4n) is 3.39. The average Bonchev–Trinajstić information content (AvgIpc) is 2.69. The van der Waals surface area contributed by atoms with Crippen LogP contribution >= 0.6 is 0 Å². The van der Waals surface area contributed by atoms with Crippen LogP contribution in [0.1, 0.15) is 52.3 Å². The third-order valence-electron chi connectivity index (χ3n) is 5.11. The maximum absolute atomic E-state index is 11.3. The van der Waals surface area contributed by atoms with E-state index in [9.17, 15) is 4.79 Å². The quantitative estimate of drug-likeness (QED) is 0.619. The van der Waals surface area contributed by atoms with Gasteiger partial charge in [-0.05, 0) is 54.5 Å². The molecule has 0 fully saturated rings. The summed E-state index contributed by atoms with van der Waals surface area (Å²) in [6.07, 6.45) is 4.44. The summed E-state index contributed by atoms with van der Waals surface area (Å²) in [5.74, 6) is 0.498. The first-order valence-electron chi connectivity index (χ1n) is 9.93. The third-order valence-corrected chi connectivity index (χ3v) is 5.11. The summed E-state index contributed by atoms with van der Waals surface area (Å²) >= 11 is 0. The number of hydrogen-bond acceptors (Lipinski definition) is 4. The van der Waals surface area contributed by atoms with Crippen LogP contribution < -0.4 is 11.5 Å². The lowest BCUT2D eigenvalue weighted by Crippen LogP contribution is -2.15. The summed E-state index contributed by atoms with van der Waals surface area (Å²) in [5.41, 5.74) is 17.8. The topological polar surface area (TPSA) is 94.9 Å². The van der Waals surface area contributed by atoms with Gasteiger partial charge in [-0.2, -0.15) is 0 Å². The summed E-state index contributed by atoms with van der Waals surface area (Å²) in [6, 6.07) is 16.3. The van der Waals surface area contributed by atoms with Crippen molar-refractivity contribution in [2.24, 2.45) is 11.5 Å². The molecule has 1 unspecified atom stereocenters. The molecule has 0 radical (unpaired) electrons. The van der Waals surface area contributed by atoms with Crippen molar-refractivity contribution >= 4 is 5.91 Å². The van der Waals surface area contributed by atoms with Crippen molar-refractivity contribution in [3.05, 3.63) is 94.1 Å². The van der Waals surface area contributed by atoms with E-state index in [0.717, 1.165) is 52.2 Å². The van der Waals surface area contributed by atoms with Gasteiger partial charge in [0.2, 0.25) is 5.91 Å². The minimum Gasteiger partial charge on any atom is -0.369 e. The van der Waals surface area contributed by atoms with Crippen LogP contribution in [0.2, 0.25) is 0 Å². The number of amides is 1. The molecule has 1 atom stereocenters. The number of nitrogens with zero attached hydrogens (tertiary/aromatic N) is 2. The molecule has 0 saturated heterocycles. The van der Waals surface area contributed by atoms with E-state index in [2.05, 4.69) is 35.3 Å². The van der Waals surface area contributed by atoms with E-state index in [1.807, 2.05) is 38.2 Å². The molecule has 0 spiro atoms. The minimum absolute atomic E-state index is 0.0312. The smallest absolute Gasteiger partial charge is 0.221 e. The Morgan fingerprint density at radius 3 is 2.38 bits per heavy atom. The van der Waals surface area contributed by atoms with Crippen molar-refractivity contribution < 1.29 is 4.79 Å². The maximum atomic E-state index is 11.3. The molecule has 5 heteroatoms. The minimum atomic E-state index is -0.312. The van der Waals surface area contributed by atoms with Crippen LogP contribution in [-0.4, -0.2) is 15.9 Å². The number of nitrogens with two attached hydrogens (primary N) is 2. The Bertz CT molecular complexity index is 980. The van der Waals surface area contributed by atoms with Crippen LogP contribution in [0, 0.1) is 6.92 Å². The van der Waals surface area contributed by atoms with E-state index >= 15 is 0 Å². The van der Waals surface area contributed by atoms with Crippen molar-refractivity contribution in [1.82, 2.24) is 9.97 Å². The van der Waals surface area contributed by atoms with Crippen molar-refractivity contribution in [3.8, 4) is 0 Å². The Labute approximate surface area is 172 Å². The molecule has 0 aliphatic rings. The molecular formula is C24H28N4O. The molecule has 4 N–H and O–H groups in total. The van der Waals surface area contributed by atoms with E-state index in [0.29, 0.717) is 6.42 Å². The van der Waals surface area contributed by atoms with E-state index in [-0.39, 0.29) is 18.4 Å². The van der Waals surface area contributed by atoms with Crippen molar-refractivity contribution in [2.75, 3.05) is 0 Å². The molecule has 0 saturated carbocycles. The second-order valence-electron chi connectivity index (χ2n) is 7.53. The molecule has 29 heavy (non-hydrogen) atoms. The summed E-state index contributed by atoms with van der Waals surface area (Å²) in [4.78, 5) is 20.6. The molecule has 1 aromatic heterocycles. The van der Waals surface area contributed by atoms with E-state index in [4.69, 9.17) is 16.5 Å². The molecule has 2 aromatic carbocycles. The zero-order valence-corrected chi connectivity index (χ0v) is 17.1. The lowest BCUT2D eigenvalue weighted by molar-refractivity contribution is -0.117. The standard InChI is InChI=1S/C24H28N4O/c1-16-15-27-24(13-18-7-9-19(10-8-18)17(2)25)28-22(16)12-11-20-5-3-4-6-21(20)14-23(26)29/h3-10,15,17H,11-14,25H2,1-2H3,(H2,26,29). The van der Waals surface area contributed by atoms with Crippen molar-refractivity contribution in [1.29, 1.82) is 0 Å². The first-order chi connectivity index (χ1) is 13.9. The van der Waals surface area contributed by atoms with Gasteiger partial charge in [-0.25, -0.2) is 9.97 Å². The number of hydrogen-bond donors (Lipinski definition) is 2. The SMILES string of the molecule is Cc1cnc(Cc2ccc(C(C)N)cc2)nc1CCc1ccccc1CC(N)=O. The summed E-state index contributed by atoms with van der Waals surface area (Å²) in [6.45, 7) is 4.01. The normalized spacial score (nSPS) is 12.0. The lowest BCUT2D eigenvalue weighted by Gasteiger charge is -2.11. The van der Waals surface area contributed by atoms with Gasteiger partial charge in [0, 0.05) is 24.4 Å². The maximum Gasteiger partial charge on any atom is 0.221 e. The van der Waals surface area contributed by atoms with Gasteiger partial charge >= 0.3 is 0 Å². The summed E-state index contributed by atoms with van der Waals surface area (Å²) in [5, 5.41) is 0. The van der Waals surface area contributed by atoms with Crippen LogP contribution in [0.5, 0.6) is 0 Å². The largest absolute Gasteiger partial charge is 0.369 e. The summed E-state index contributed by atoms with van der Waals surface area (Å²) in [7, 11) is 0. The van der Waals surface area contributed by atoms with Gasteiger partial charge in [0.25, 0.3) is 0 Å². The third kappa shape index (κ3) is 5.72. The highest BCUT2D eigenvalue weighted by Crippen LogP contribution is 2.16. The molecule has 0 aliphatic heterocycles.